The molecule has 18 heavy (non-hydrogen) atoms. The maximum atomic E-state index is 12.1. The lowest BCUT2D eigenvalue weighted by Crippen LogP contribution is -2.33. The van der Waals surface area contributed by atoms with Crippen LogP contribution in [0.2, 0.25) is 0 Å². The molecular formula is C13H18BrNO2S. The van der Waals surface area contributed by atoms with E-state index in [2.05, 4.69) is 21.2 Å². The molecule has 1 N–H and O–H groups in total. The van der Waals surface area contributed by atoms with Crippen LogP contribution in [0.3, 0.4) is 0 Å². The van der Waals surface area contributed by atoms with Gasteiger partial charge in [-0.25, -0.2) is 0 Å². The summed E-state index contributed by atoms with van der Waals surface area (Å²) in [4.78, 5) is 12.1. The average molecular weight is 332 g/mol. The fourth-order valence-corrected chi connectivity index (χ4v) is 2.60. The number of halogens is 1. The van der Waals surface area contributed by atoms with Crippen LogP contribution in [-0.2, 0) is 10.8 Å². The van der Waals surface area contributed by atoms with Crippen LogP contribution in [0.1, 0.15) is 29.3 Å². The molecule has 0 aliphatic rings. The summed E-state index contributed by atoms with van der Waals surface area (Å²) in [7, 11) is -0.812. The summed E-state index contributed by atoms with van der Waals surface area (Å²) in [5, 5.41) is 2.93. The van der Waals surface area contributed by atoms with Gasteiger partial charge in [0.15, 0.2) is 0 Å². The highest BCUT2D eigenvalue weighted by Gasteiger charge is 2.12. The Bertz CT molecular complexity index is 462. The van der Waals surface area contributed by atoms with Crippen molar-refractivity contribution in [3.8, 4) is 0 Å². The number of rotatable bonds is 5. The summed E-state index contributed by atoms with van der Waals surface area (Å²) in [6.07, 6.45) is 2.40. The van der Waals surface area contributed by atoms with E-state index in [1.165, 1.54) is 0 Å². The molecule has 1 amide bonds. The van der Waals surface area contributed by atoms with Gasteiger partial charge in [0.2, 0.25) is 0 Å². The first-order valence-electron chi connectivity index (χ1n) is 5.77. The van der Waals surface area contributed by atoms with Gasteiger partial charge < -0.3 is 5.32 Å². The van der Waals surface area contributed by atoms with E-state index in [1.54, 1.807) is 6.26 Å². The molecule has 2 atom stereocenters. The molecule has 0 saturated carbocycles. The zero-order chi connectivity index (χ0) is 13.7. The lowest BCUT2D eigenvalue weighted by molar-refractivity contribution is 0.0939. The van der Waals surface area contributed by atoms with Gasteiger partial charge in [0.25, 0.3) is 5.91 Å². The number of aryl methyl sites for hydroxylation is 1. The molecule has 3 nitrogen and oxygen atoms in total. The maximum Gasteiger partial charge on any atom is 0.251 e. The topological polar surface area (TPSA) is 46.2 Å². The van der Waals surface area contributed by atoms with Crippen LogP contribution in [0.25, 0.3) is 0 Å². The first-order valence-corrected chi connectivity index (χ1v) is 8.29. The molecule has 0 radical (unpaired) electrons. The van der Waals surface area contributed by atoms with Gasteiger partial charge in [-0.05, 0) is 38.0 Å². The number of amides is 1. The largest absolute Gasteiger partial charge is 0.350 e. The fourth-order valence-electron chi connectivity index (χ4n) is 1.56. The average Bonchev–Trinajstić information content (AvgIpc) is 2.29. The second-order valence-corrected chi connectivity index (χ2v) is 6.87. The highest BCUT2D eigenvalue weighted by molar-refractivity contribution is 9.10. The Balaban J connectivity index is 2.64. The lowest BCUT2D eigenvalue weighted by Gasteiger charge is -2.14. The Morgan fingerprint density at radius 1 is 1.50 bits per heavy atom. The Morgan fingerprint density at radius 2 is 2.17 bits per heavy atom. The Kier molecular flexibility index (Phi) is 6.02. The molecule has 5 heteroatoms. The van der Waals surface area contributed by atoms with E-state index < -0.39 is 10.8 Å². The summed E-state index contributed by atoms with van der Waals surface area (Å²) >= 11 is 3.36. The van der Waals surface area contributed by atoms with Crippen molar-refractivity contribution in [1.29, 1.82) is 0 Å². The van der Waals surface area contributed by atoms with Gasteiger partial charge in [-0.15, -0.1) is 0 Å². The van der Waals surface area contributed by atoms with Gasteiger partial charge in [0.05, 0.1) is 0 Å². The van der Waals surface area contributed by atoms with Crippen molar-refractivity contribution >= 4 is 32.6 Å². The quantitative estimate of drug-likeness (QED) is 0.901. The third-order valence-corrected chi connectivity index (χ3v) is 3.96. The standard InChI is InChI=1S/C13H18BrNO2S/c1-9-4-5-11(14)8-12(9)13(16)15-10(2)6-7-18(3)17/h4-5,8,10H,6-7H2,1-3H3,(H,15,16). The van der Waals surface area contributed by atoms with Crippen molar-refractivity contribution in [2.75, 3.05) is 12.0 Å². The smallest absolute Gasteiger partial charge is 0.251 e. The molecular weight excluding hydrogens is 314 g/mol. The Hall–Kier alpha value is -0.680. The van der Waals surface area contributed by atoms with Crippen LogP contribution < -0.4 is 5.32 Å². The summed E-state index contributed by atoms with van der Waals surface area (Å²) in [5.74, 6) is 0.530. The van der Waals surface area contributed by atoms with E-state index in [0.717, 1.165) is 16.5 Å². The van der Waals surface area contributed by atoms with Crippen molar-refractivity contribution in [2.24, 2.45) is 0 Å². The molecule has 0 aliphatic carbocycles. The number of hydrogen-bond donors (Lipinski definition) is 1. The molecule has 0 fully saturated rings. The molecule has 0 heterocycles. The van der Waals surface area contributed by atoms with Crippen LogP contribution in [-0.4, -0.2) is 28.2 Å². The minimum atomic E-state index is -0.812. The van der Waals surface area contributed by atoms with Crippen molar-refractivity contribution in [3.05, 3.63) is 33.8 Å². The summed E-state index contributed by atoms with van der Waals surface area (Å²) < 4.78 is 11.9. The van der Waals surface area contributed by atoms with Crippen LogP contribution in [0.5, 0.6) is 0 Å². The molecule has 1 aromatic carbocycles. The molecule has 1 rings (SSSR count). The molecule has 0 spiro atoms. The van der Waals surface area contributed by atoms with Gasteiger partial charge in [0.1, 0.15) is 0 Å². The molecule has 1 aromatic rings. The van der Waals surface area contributed by atoms with Crippen LogP contribution in [0.4, 0.5) is 0 Å². The van der Waals surface area contributed by atoms with Crippen LogP contribution >= 0.6 is 15.9 Å². The fraction of sp³-hybridized carbons (Fsp3) is 0.462. The predicted molar refractivity (Wildman–Crippen MR) is 79.4 cm³/mol. The summed E-state index contributed by atoms with van der Waals surface area (Å²) in [6, 6.07) is 5.66. The van der Waals surface area contributed by atoms with Crippen molar-refractivity contribution in [2.45, 2.75) is 26.3 Å². The van der Waals surface area contributed by atoms with E-state index in [1.807, 2.05) is 32.0 Å². The van der Waals surface area contributed by atoms with Gasteiger partial charge >= 0.3 is 0 Å². The zero-order valence-corrected chi connectivity index (χ0v) is 13.2. The van der Waals surface area contributed by atoms with Crippen LogP contribution in [0.15, 0.2) is 22.7 Å². The van der Waals surface area contributed by atoms with E-state index in [0.29, 0.717) is 11.3 Å². The van der Waals surface area contributed by atoms with E-state index in [-0.39, 0.29) is 11.9 Å². The number of benzene rings is 1. The van der Waals surface area contributed by atoms with E-state index in [9.17, 15) is 9.00 Å². The first-order chi connectivity index (χ1) is 8.40. The molecule has 100 valence electrons. The number of hydrogen-bond acceptors (Lipinski definition) is 2. The molecule has 0 bridgehead atoms. The summed E-state index contributed by atoms with van der Waals surface area (Å²) in [6.45, 7) is 3.84. The van der Waals surface area contributed by atoms with Crippen molar-refractivity contribution < 1.29 is 9.00 Å². The second kappa shape index (κ2) is 7.04. The number of nitrogens with one attached hydrogen (secondary N) is 1. The van der Waals surface area contributed by atoms with Gasteiger partial charge in [-0.1, -0.05) is 22.0 Å². The molecule has 0 aliphatic heterocycles. The third-order valence-electron chi connectivity index (χ3n) is 2.66. The monoisotopic (exact) mass is 331 g/mol. The Morgan fingerprint density at radius 3 is 2.78 bits per heavy atom. The van der Waals surface area contributed by atoms with E-state index in [4.69, 9.17) is 0 Å². The normalized spacial score (nSPS) is 14.0. The number of carbonyl (C=O) groups excluding carboxylic acids is 1. The maximum absolute atomic E-state index is 12.1. The first kappa shape index (κ1) is 15.4. The second-order valence-electron chi connectivity index (χ2n) is 4.40. The predicted octanol–water partition coefficient (Wildman–Crippen LogP) is 2.64. The molecule has 0 aromatic heterocycles. The Labute approximate surface area is 119 Å². The molecule has 0 saturated heterocycles. The summed E-state index contributed by atoms with van der Waals surface area (Å²) in [5.41, 5.74) is 1.62. The van der Waals surface area contributed by atoms with Gasteiger partial charge in [0, 0.05) is 38.9 Å². The highest BCUT2D eigenvalue weighted by atomic mass is 79.9. The minimum Gasteiger partial charge on any atom is -0.350 e. The third kappa shape index (κ3) is 4.90. The van der Waals surface area contributed by atoms with Crippen LogP contribution in [0, 0.1) is 6.92 Å². The number of carbonyl (C=O) groups is 1. The minimum absolute atomic E-state index is 0.0276. The van der Waals surface area contributed by atoms with Gasteiger partial charge in [-0.3, -0.25) is 9.00 Å². The lowest BCUT2D eigenvalue weighted by atomic mass is 10.1. The zero-order valence-electron chi connectivity index (χ0n) is 10.8. The van der Waals surface area contributed by atoms with Gasteiger partial charge in [-0.2, -0.15) is 0 Å². The van der Waals surface area contributed by atoms with E-state index >= 15 is 0 Å². The van der Waals surface area contributed by atoms with Crippen molar-refractivity contribution in [3.63, 3.8) is 0 Å². The molecule has 2 unspecified atom stereocenters. The van der Waals surface area contributed by atoms with Crippen molar-refractivity contribution in [1.82, 2.24) is 5.32 Å². The highest BCUT2D eigenvalue weighted by Crippen LogP contribution is 2.16. The SMILES string of the molecule is Cc1ccc(Br)cc1C(=O)NC(C)CCS(C)=O.